The lowest BCUT2D eigenvalue weighted by molar-refractivity contribution is -0.129. The first-order valence-electron chi connectivity index (χ1n) is 9.87. The number of carbonyl (C=O) groups is 3. The molecule has 4 rings (SSSR count). The fraction of sp³-hybridized carbons (Fsp3) is 0.348. The number of carbonyl (C=O) groups excluding carboxylic acids is 3. The number of allylic oxidation sites excluding steroid dienone is 2. The Morgan fingerprint density at radius 1 is 1.14 bits per heavy atom. The number of hydrogen-bond acceptors (Lipinski definition) is 4. The second-order valence-electron chi connectivity index (χ2n) is 7.94. The average molecular weight is 392 g/mol. The van der Waals surface area contributed by atoms with Gasteiger partial charge in [-0.25, -0.2) is 0 Å². The molecular formula is C23H24N2O4. The van der Waals surface area contributed by atoms with Gasteiger partial charge in [0.1, 0.15) is 5.76 Å². The predicted octanol–water partition coefficient (Wildman–Crippen LogP) is 3.76. The van der Waals surface area contributed by atoms with Gasteiger partial charge in [-0.15, -0.1) is 0 Å². The van der Waals surface area contributed by atoms with E-state index in [1.54, 1.807) is 12.3 Å². The number of anilines is 1. The fourth-order valence-electron chi connectivity index (χ4n) is 4.06. The van der Waals surface area contributed by atoms with Gasteiger partial charge in [0, 0.05) is 35.7 Å². The van der Waals surface area contributed by atoms with Crippen molar-refractivity contribution in [2.45, 2.75) is 45.4 Å². The van der Waals surface area contributed by atoms with Gasteiger partial charge in [-0.3, -0.25) is 14.4 Å². The van der Waals surface area contributed by atoms with Crippen molar-refractivity contribution in [2.24, 2.45) is 5.92 Å². The van der Waals surface area contributed by atoms with E-state index in [9.17, 15) is 14.4 Å². The minimum Gasteiger partial charge on any atom is -0.469 e. The lowest BCUT2D eigenvalue weighted by Gasteiger charge is -2.32. The highest BCUT2D eigenvalue weighted by molar-refractivity contribution is 6.02. The standard InChI is InChI=1S/C23H24N2O4/c1-13-5-6-17(8-14(13)2)24-22(27)12-16-9-18-19(25-23(16)28)10-15(11-20(18)26)21-4-3-7-29-21/h3-8,15-16H,9-12H2,1-2H3,(H,24,27)(H,25,28). The minimum absolute atomic E-state index is 0.0206. The van der Waals surface area contributed by atoms with Crippen molar-refractivity contribution in [2.75, 3.05) is 5.32 Å². The lowest BCUT2D eigenvalue weighted by atomic mass is 9.78. The van der Waals surface area contributed by atoms with Crippen LogP contribution in [0.5, 0.6) is 0 Å². The molecule has 1 aliphatic heterocycles. The van der Waals surface area contributed by atoms with Crippen LogP contribution in [0.25, 0.3) is 0 Å². The van der Waals surface area contributed by atoms with Gasteiger partial charge in [-0.1, -0.05) is 6.07 Å². The van der Waals surface area contributed by atoms with E-state index in [0.717, 1.165) is 16.9 Å². The third-order valence-electron chi connectivity index (χ3n) is 5.85. The molecule has 2 amide bonds. The summed E-state index contributed by atoms with van der Waals surface area (Å²) in [5, 5.41) is 5.73. The molecule has 2 unspecified atom stereocenters. The largest absolute Gasteiger partial charge is 0.469 e. The molecule has 1 aromatic carbocycles. The molecule has 2 atom stereocenters. The topological polar surface area (TPSA) is 88.4 Å². The van der Waals surface area contributed by atoms with Crippen molar-refractivity contribution in [3.05, 3.63) is 64.8 Å². The summed E-state index contributed by atoms with van der Waals surface area (Å²) in [5.41, 5.74) is 4.28. The van der Waals surface area contributed by atoms with Crippen LogP contribution in [-0.4, -0.2) is 17.6 Å². The highest BCUT2D eigenvalue weighted by atomic mass is 16.3. The molecule has 2 N–H and O–H groups in total. The van der Waals surface area contributed by atoms with E-state index in [1.807, 2.05) is 38.1 Å². The predicted molar refractivity (Wildman–Crippen MR) is 108 cm³/mol. The van der Waals surface area contributed by atoms with Crippen LogP contribution >= 0.6 is 0 Å². The Balaban J connectivity index is 1.43. The van der Waals surface area contributed by atoms with E-state index in [1.165, 1.54) is 0 Å². The van der Waals surface area contributed by atoms with E-state index in [4.69, 9.17) is 4.42 Å². The van der Waals surface area contributed by atoms with Gasteiger partial charge in [-0.05, 0) is 62.1 Å². The van der Waals surface area contributed by atoms with Crippen LogP contribution in [0, 0.1) is 19.8 Å². The lowest BCUT2D eigenvalue weighted by Crippen LogP contribution is -2.41. The molecular weight excluding hydrogens is 368 g/mol. The highest BCUT2D eigenvalue weighted by Gasteiger charge is 2.37. The monoisotopic (exact) mass is 392 g/mol. The fourth-order valence-corrected chi connectivity index (χ4v) is 4.06. The van der Waals surface area contributed by atoms with Crippen molar-refractivity contribution in [1.82, 2.24) is 5.32 Å². The summed E-state index contributed by atoms with van der Waals surface area (Å²) in [6.07, 6.45) is 2.88. The first kappa shape index (κ1) is 19.2. The third kappa shape index (κ3) is 4.01. The molecule has 0 bridgehead atoms. The number of furan rings is 1. The quantitative estimate of drug-likeness (QED) is 0.829. The first-order valence-corrected chi connectivity index (χ1v) is 9.87. The number of Topliss-reactive ketones (excluding diaryl/α,β-unsaturated/α-hetero) is 1. The van der Waals surface area contributed by atoms with Crippen LogP contribution < -0.4 is 10.6 Å². The van der Waals surface area contributed by atoms with Crippen LogP contribution in [0.3, 0.4) is 0 Å². The van der Waals surface area contributed by atoms with Gasteiger partial charge < -0.3 is 15.1 Å². The molecule has 2 aromatic rings. The molecule has 2 aliphatic rings. The molecule has 150 valence electrons. The zero-order valence-electron chi connectivity index (χ0n) is 16.6. The summed E-state index contributed by atoms with van der Waals surface area (Å²) in [6, 6.07) is 9.36. The Morgan fingerprint density at radius 2 is 1.97 bits per heavy atom. The van der Waals surface area contributed by atoms with Crippen molar-refractivity contribution < 1.29 is 18.8 Å². The smallest absolute Gasteiger partial charge is 0.228 e. The van der Waals surface area contributed by atoms with Crippen molar-refractivity contribution in [1.29, 1.82) is 0 Å². The number of nitrogens with one attached hydrogen (secondary N) is 2. The second kappa shape index (κ2) is 7.70. The van der Waals surface area contributed by atoms with E-state index in [-0.39, 0.29) is 29.9 Å². The maximum absolute atomic E-state index is 12.7. The number of rotatable bonds is 4. The Hall–Kier alpha value is -3.15. The van der Waals surface area contributed by atoms with E-state index < -0.39 is 5.92 Å². The second-order valence-corrected chi connectivity index (χ2v) is 7.94. The molecule has 0 radical (unpaired) electrons. The summed E-state index contributed by atoms with van der Waals surface area (Å²) in [7, 11) is 0. The van der Waals surface area contributed by atoms with Gasteiger partial charge in [0.15, 0.2) is 5.78 Å². The van der Waals surface area contributed by atoms with Crippen molar-refractivity contribution in [3.8, 4) is 0 Å². The number of ketones is 1. The van der Waals surface area contributed by atoms with Gasteiger partial charge in [0.25, 0.3) is 0 Å². The minimum atomic E-state index is -0.538. The summed E-state index contributed by atoms with van der Waals surface area (Å²) in [4.78, 5) is 37.7. The molecule has 6 heteroatoms. The molecule has 0 fully saturated rings. The molecule has 2 heterocycles. The Kier molecular flexibility index (Phi) is 5.09. The van der Waals surface area contributed by atoms with Crippen LogP contribution in [0.2, 0.25) is 0 Å². The Morgan fingerprint density at radius 3 is 2.69 bits per heavy atom. The number of amides is 2. The Labute approximate surface area is 169 Å². The molecule has 0 spiro atoms. The van der Waals surface area contributed by atoms with E-state index in [0.29, 0.717) is 36.2 Å². The van der Waals surface area contributed by atoms with Crippen molar-refractivity contribution >= 4 is 23.3 Å². The summed E-state index contributed by atoms with van der Waals surface area (Å²) >= 11 is 0. The van der Waals surface area contributed by atoms with Crippen LogP contribution in [0.4, 0.5) is 5.69 Å². The van der Waals surface area contributed by atoms with Crippen LogP contribution in [0.1, 0.15) is 48.5 Å². The SMILES string of the molecule is Cc1ccc(NC(=O)CC2CC3=C(CC(c4ccco4)CC3=O)NC2=O)cc1C. The average Bonchev–Trinajstić information content (AvgIpc) is 3.20. The number of hydrogen-bond donors (Lipinski definition) is 2. The van der Waals surface area contributed by atoms with E-state index >= 15 is 0 Å². The molecule has 1 aromatic heterocycles. The normalized spacial score (nSPS) is 21.6. The maximum atomic E-state index is 12.7. The van der Waals surface area contributed by atoms with Crippen LogP contribution in [-0.2, 0) is 14.4 Å². The van der Waals surface area contributed by atoms with E-state index in [2.05, 4.69) is 10.6 Å². The number of aryl methyl sites for hydroxylation is 2. The molecule has 1 aliphatic carbocycles. The van der Waals surface area contributed by atoms with Crippen LogP contribution in [0.15, 0.2) is 52.3 Å². The van der Waals surface area contributed by atoms with Gasteiger partial charge in [0.2, 0.25) is 11.8 Å². The molecule has 6 nitrogen and oxygen atoms in total. The zero-order valence-corrected chi connectivity index (χ0v) is 16.6. The first-order chi connectivity index (χ1) is 13.9. The van der Waals surface area contributed by atoms with Gasteiger partial charge in [0.05, 0.1) is 12.2 Å². The molecule has 0 saturated heterocycles. The summed E-state index contributed by atoms with van der Waals surface area (Å²) < 4.78 is 5.43. The van der Waals surface area contributed by atoms with Crippen molar-refractivity contribution in [3.63, 3.8) is 0 Å². The van der Waals surface area contributed by atoms with Gasteiger partial charge >= 0.3 is 0 Å². The van der Waals surface area contributed by atoms with Gasteiger partial charge in [-0.2, -0.15) is 0 Å². The zero-order chi connectivity index (χ0) is 20.5. The molecule has 29 heavy (non-hydrogen) atoms. The molecule has 0 saturated carbocycles. The maximum Gasteiger partial charge on any atom is 0.228 e. The third-order valence-corrected chi connectivity index (χ3v) is 5.85. The Bertz CT molecular complexity index is 1000. The number of benzene rings is 1. The highest BCUT2D eigenvalue weighted by Crippen LogP contribution is 2.38. The summed E-state index contributed by atoms with van der Waals surface area (Å²) in [6.45, 7) is 3.99. The summed E-state index contributed by atoms with van der Waals surface area (Å²) in [5.74, 6) is -0.243.